The van der Waals surface area contributed by atoms with E-state index >= 15 is 0 Å². The molecule has 4 heteroatoms. The minimum atomic E-state index is 0.192. The molecule has 1 aromatic carbocycles. The van der Waals surface area contributed by atoms with Crippen LogP contribution in [0.1, 0.15) is 11.1 Å². The normalized spacial score (nSPS) is 10.7. The summed E-state index contributed by atoms with van der Waals surface area (Å²) in [7, 11) is 0. The van der Waals surface area contributed by atoms with Gasteiger partial charge in [-0.15, -0.1) is 10.2 Å². The van der Waals surface area contributed by atoms with Crippen molar-refractivity contribution >= 4 is 22.6 Å². The molecule has 0 unspecified atom stereocenters. The third-order valence-corrected chi connectivity index (χ3v) is 2.03. The number of benzene rings is 1. The maximum Gasteiger partial charge on any atom is 0.243 e. The molecule has 0 aliphatic heterocycles. The molecule has 0 saturated carbocycles. The standard InChI is InChI=1S/C9H8ClN3/c1-5-3-6(2)8-7(4-5)11-9(10)13-12-8/h3-4H,1-2H3. The molecule has 0 amide bonds. The summed E-state index contributed by atoms with van der Waals surface area (Å²) in [6.07, 6.45) is 0. The Morgan fingerprint density at radius 1 is 1.15 bits per heavy atom. The van der Waals surface area contributed by atoms with Crippen molar-refractivity contribution in [3.05, 3.63) is 28.5 Å². The van der Waals surface area contributed by atoms with E-state index in [2.05, 4.69) is 15.2 Å². The second kappa shape index (κ2) is 2.92. The zero-order valence-corrected chi connectivity index (χ0v) is 8.13. The Bertz CT molecular complexity index is 462. The molecule has 13 heavy (non-hydrogen) atoms. The fourth-order valence-corrected chi connectivity index (χ4v) is 1.49. The van der Waals surface area contributed by atoms with Crippen LogP contribution in [-0.2, 0) is 0 Å². The van der Waals surface area contributed by atoms with Crippen molar-refractivity contribution in [1.29, 1.82) is 0 Å². The van der Waals surface area contributed by atoms with E-state index in [0.29, 0.717) is 0 Å². The Balaban J connectivity index is 2.86. The van der Waals surface area contributed by atoms with E-state index < -0.39 is 0 Å². The Kier molecular flexibility index (Phi) is 1.88. The number of nitrogens with zero attached hydrogens (tertiary/aromatic N) is 3. The average molecular weight is 194 g/mol. The maximum atomic E-state index is 5.64. The monoisotopic (exact) mass is 193 g/mol. The molecule has 66 valence electrons. The lowest BCUT2D eigenvalue weighted by Crippen LogP contribution is -1.92. The summed E-state index contributed by atoms with van der Waals surface area (Å²) < 4.78 is 0. The van der Waals surface area contributed by atoms with Gasteiger partial charge in [0.1, 0.15) is 5.52 Å². The SMILES string of the molecule is Cc1cc(C)c2nnc(Cl)nc2c1. The largest absolute Gasteiger partial charge is 0.243 e. The van der Waals surface area contributed by atoms with Gasteiger partial charge in [-0.1, -0.05) is 6.07 Å². The van der Waals surface area contributed by atoms with E-state index in [1.54, 1.807) is 0 Å². The van der Waals surface area contributed by atoms with Gasteiger partial charge in [0, 0.05) is 0 Å². The lowest BCUT2D eigenvalue weighted by atomic mass is 10.1. The Morgan fingerprint density at radius 3 is 2.69 bits per heavy atom. The minimum Gasteiger partial charge on any atom is -0.215 e. The van der Waals surface area contributed by atoms with Gasteiger partial charge in [-0.25, -0.2) is 4.98 Å². The van der Waals surface area contributed by atoms with Crippen molar-refractivity contribution < 1.29 is 0 Å². The number of fused-ring (bicyclic) bond motifs is 1. The molecule has 0 aliphatic rings. The minimum absolute atomic E-state index is 0.192. The number of hydrogen-bond acceptors (Lipinski definition) is 3. The fourth-order valence-electron chi connectivity index (χ4n) is 1.37. The van der Waals surface area contributed by atoms with Crippen LogP contribution in [0.15, 0.2) is 12.1 Å². The molecule has 0 saturated heterocycles. The van der Waals surface area contributed by atoms with Gasteiger partial charge in [-0.3, -0.25) is 0 Å². The first-order valence-corrected chi connectivity index (χ1v) is 4.32. The van der Waals surface area contributed by atoms with Crippen LogP contribution in [0.25, 0.3) is 11.0 Å². The third kappa shape index (κ3) is 1.47. The quantitative estimate of drug-likeness (QED) is 0.645. The first kappa shape index (κ1) is 8.38. The maximum absolute atomic E-state index is 5.64. The molecule has 0 fully saturated rings. The van der Waals surface area contributed by atoms with Gasteiger partial charge in [0.05, 0.1) is 5.52 Å². The number of hydrogen-bond donors (Lipinski definition) is 0. The van der Waals surface area contributed by atoms with E-state index in [1.807, 2.05) is 26.0 Å². The van der Waals surface area contributed by atoms with E-state index in [0.717, 1.165) is 22.2 Å². The predicted octanol–water partition coefficient (Wildman–Crippen LogP) is 2.30. The Hall–Kier alpha value is -1.22. The topological polar surface area (TPSA) is 38.7 Å². The predicted molar refractivity (Wildman–Crippen MR) is 51.8 cm³/mol. The van der Waals surface area contributed by atoms with E-state index in [-0.39, 0.29) is 5.28 Å². The third-order valence-electron chi connectivity index (χ3n) is 1.87. The first-order chi connectivity index (χ1) is 6.16. The van der Waals surface area contributed by atoms with Gasteiger partial charge in [0.2, 0.25) is 5.28 Å². The summed E-state index contributed by atoms with van der Waals surface area (Å²) in [5.41, 5.74) is 3.85. The molecule has 0 N–H and O–H groups in total. The van der Waals surface area contributed by atoms with Crippen LogP contribution in [0, 0.1) is 13.8 Å². The van der Waals surface area contributed by atoms with Gasteiger partial charge >= 0.3 is 0 Å². The van der Waals surface area contributed by atoms with Crippen LogP contribution >= 0.6 is 11.6 Å². The lowest BCUT2D eigenvalue weighted by molar-refractivity contribution is 1.02. The smallest absolute Gasteiger partial charge is 0.215 e. The van der Waals surface area contributed by atoms with Crippen LogP contribution in [0.5, 0.6) is 0 Å². The van der Waals surface area contributed by atoms with Crippen molar-refractivity contribution in [3.8, 4) is 0 Å². The number of aromatic nitrogens is 3. The molecule has 3 nitrogen and oxygen atoms in total. The number of halogens is 1. The molecule has 1 aromatic heterocycles. The lowest BCUT2D eigenvalue weighted by Gasteiger charge is -2.01. The molecule has 0 bridgehead atoms. The molecule has 0 aliphatic carbocycles. The molecule has 2 rings (SSSR count). The second-order valence-electron chi connectivity index (χ2n) is 3.03. The van der Waals surface area contributed by atoms with E-state index in [9.17, 15) is 0 Å². The van der Waals surface area contributed by atoms with Gasteiger partial charge < -0.3 is 0 Å². The first-order valence-electron chi connectivity index (χ1n) is 3.94. The van der Waals surface area contributed by atoms with Crippen molar-refractivity contribution in [1.82, 2.24) is 15.2 Å². The average Bonchev–Trinajstić information content (AvgIpc) is 2.02. The number of rotatable bonds is 0. The van der Waals surface area contributed by atoms with Gasteiger partial charge in [0.15, 0.2) is 0 Å². The highest BCUT2D eigenvalue weighted by Gasteiger charge is 2.02. The van der Waals surface area contributed by atoms with Crippen LogP contribution < -0.4 is 0 Å². The molecule has 1 heterocycles. The molecule has 0 atom stereocenters. The summed E-state index contributed by atoms with van der Waals surface area (Å²) in [5, 5.41) is 7.87. The van der Waals surface area contributed by atoms with Gasteiger partial charge in [-0.05, 0) is 42.6 Å². The number of aryl methyl sites for hydroxylation is 2. The molecular formula is C9H8ClN3. The van der Waals surface area contributed by atoms with Crippen LogP contribution in [0.4, 0.5) is 0 Å². The van der Waals surface area contributed by atoms with Crippen molar-refractivity contribution in [3.63, 3.8) is 0 Å². The van der Waals surface area contributed by atoms with Crippen molar-refractivity contribution in [2.24, 2.45) is 0 Å². The highest BCUT2D eigenvalue weighted by Crippen LogP contribution is 2.16. The molecule has 2 aromatic rings. The highest BCUT2D eigenvalue weighted by molar-refractivity contribution is 6.28. The molecular weight excluding hydrogens is 186 g/mol. The summed E-state index contributed by atoms with van der Waals surface area (Å²) in [5.74, 6) is 0. The highest BCUT2D eigenvalue weighted by atomic mass is 35.5. The van der Waals surface area contributed by atoms with Crippen molar-refractivity contribution in [2.45, 2.75) is 13.8 Å². The second-order valence-corrected chi connectivity index (χ2v) is 3.37. The summed E-state index contributed by atoms with van der Waals surface area (Å²) in [4.78, 5) is 4.09. The van der Waals surface area contributed by atoms with Gasteiger partial charge in [-0.2, -0.15) is 0 Å². The van der Waals surface area contributed by atoms with E-state index in [1.165, 1.54) is 0 Å². The van der Waals surface area contributed by atoms with Crippen LogP contribution in [-0.4, -0.2) is 15.2 Å². The zero-order valence-electron chi connectivity index (χ0n) is 7.37. The van der Waals surface area contributed by atoms with Crippen LogP contribution in [0.2, 0.25) is 5.28 Å². The molecule has 0 spiro atoms. The molecule has 0 radical (unpaired) electrons. The summed E-state index contributed by atoms with van der Waals surface area (Å²) in [6.45, 7) is 4.00. The summed E-state index contributed by atoms with van der Waals surface area (Å²) in [6, 6.07) is 4.00. The Morgan fingerprint density at radius 2 is 1.92 bits per heavy atom. The van der Waals surface area contributed by atoms with E-state index in [4.69, 9.17) is 11.6 Å². The Labute approximate surface area is 80.8 Å². The van der Waals surface area contributed by atoms with Crippen LogP contribution in [0.3, 0.4) is 0 Å². The fraction of sp³-hybridized carbons (Fsp3) is 0.222. The van der Waals surface area contributed by atoms with Crippen molar-refractivity contribution in [2.75, 3.05) is 0 Å². The van der Waals surface area contributed by atoms with Gasteiger partial charge in [0.25, 0.3) is 0 Å². The summed E-state index contributed by atoms with van der Waals surface area (Å²) >= 11 is 5.64. The zero-order chi connectivity index (χ0) is 9.42.